The van der Waals surface area contributed by atoms with E-state index in [2.05, 4.69) is 10.6 Å². The van der Waals surface area contributed by atoms with E-state index >= 15 is 0 Å². The van der Waals surface area contributed by atoms with Gasteiger partial charge in [-0.2, -0.15) is 0 Å². The quantitative estimate of drug-likeness (QED) is 0.660. The highest BCUT2D eigenvalue weighted by molar-refractivity contribution is 5.84. The van der Waals surface area contributed by atoms with Crippen LogP contribution in [0.3, 0.4) is 0 Å². The van der Waals surface area contributed by atoms with Gasteiger partial charge in [-0.05, 0) is 34.1 Å². The van der Waals surface area contributed by atoms with Gasteiger partial charge in [0.05, 0.1) is 17.1 Å². The van der Waals surface area contributed by atoms with Gasteiger partial charge in [0, 0.05) is 13.0 Å². The van der Waals surface area contributed by atoms with Crippen molar-refractivity contribution >= 4 is 11.8 Å². The number of hydrogen-bond donors (Lipinski definition) is 3. The van der Waals surface area contributed by atoms with Crippen molar-refractivity contribution in [1.29, 1.82) is 0 Å². The van der Waals surface area contributed by atoms with Crippen molar-refractivity contribution < 1.29 is 14.7 Å². The average Bonchev–Trinajstić information content (AvgIpc) is 2.16. The summed E-state index contributed by atoms with van der Waals surface area (Å²) < 4.78 is 0. The van der Waals surface area contributed by atoms with Crippen LogP contribution < -0.4 is 10.6 Å². The van der Waals surface area contributed by atoms with Gasteiger partial charge in [-0.25, -0.2) is 0 Å². The third-order valence-electron chi connectivity index (χ3n) is 3.60. The minimum atomic E-state index is -0.999. The first kappa shape index (κ1) is 14.0. The SMILES string of the molecule is CC(C)(O)C(C)(C)NC(=O)C1CCC(=O)NC1. The Labute approximate surface area is 102 Å². The number of piperidine rings is 1. The molecule has 1 rings (SSSR count). The van der Waals surface area contributed by atoms with Crippen LogP contribution in [0.25, 0.3) is 0 Å². The minimum absolute atomic E-state index is 0.00389. The van der Waals surface area contributed by atoms with Crippen molar-refractivity contribution in [3.05, 3.63) is 0 Å². The van der Waals surface area contributed by atoms with Crippen molar-refractivity contribution in [2.24, 2.45) is 5.92 Å². The van der Waals surface area contributed by atoms with Crippen LogP contribution in [0.1, 0.15) is 40.5 Å². The van der Waals surface area contributed by atoms with E-state index in [-0.39, 0.29) is 17.7 Å². The summed E-state index contributed by atoms with van der Waals surface area (Å²) >= 11 is 0. The molecule has 17 heavy (non-hydrogen) atoms. The van der Waals surface area contributed by atoms with Gasteiger partial charge >= 0.3 is 0 Å². The fourth-order valence-corrected chi connectivity index (χ4v) is 1.52. The van der Waals surface area contributed by atoms with Crippen LogP contribution >= 0.6 is 0 Å². The van der Waals surface area contributed by atoms with Crippen LogP contribution in [-0.4, -0.2) is 34.6 Å². The van der Waals surface area contributed by atoms with Crippen LogP contribution in [0.5, 0.6) is 0 Å². The molecule has 0 aliphatic carbocycles. The molecule has 1 aliphatic rings. The standard InChI is InChI=1S/C12H22N2O3/c1-11(2,12(3,4)17)14-10(16)8-5-6-9(15)13-7-8/h8,17H,5-7H2,1-4H3,(H,13,15)(H,14,16). The molecule has 0 spiro atoms. The van der Waals surface area contributed by atoms with Crippen LogP contribution in [0.15, 0.2) is 0 Å². The molecule has 0 aromatic rings. The first-order valence-corrected chi connectivity index (χ1v) is 5.94. The molecule has 1 atom stereocenters. The first-order chi connectivity index (χ1) is 7.63. The maximum Gasteiger partial charge on any atom is 0.225 e. The molecule has 0 radical (unpaired) electrons. The van der Waals surface area contributed by atoms with E-state index in [1.165, 1.54) is 0 Å². The number of hydrogen-bond acceptors (Lipinski definition) is 3. The normalized spacial score (nSPS) is 21.9. The second kappa shape index (κ2) is 4.64. The van der Waals surface area contributed by atoms with Crippen LogP contribution in [0, 0.1) is 5.92 Å². The van der Waals surface area contributed by atoms with Crippen molar-refractivity contribution in [2.75, 3.05) is 6.54 Å². The van der Waals surface area contributed by atoms with Gasteiger partial charge in [0.15, 0.2) is 0 Å². The molecule has 1 aliphatic heterocycles. The number of carbonyl (C=O) groups excluding carboxylic acids is 2. The molecule has 0 bridgehead atoms. The molecule has 2 amide bonds. The summed E-state index contributed by atoms with van der Waals surface area (Å²) in [7, 11) is 0. The second-order valence-electron chi connectivity index (χ2n) is 5.71. The summed E-state index contributed by atoms with van der Waals surface area (Å²) in [6.07, 6.45) is 0.959. The summed E-state index contributed by atoms with van der Waals surface area (Å²) in [5.41, 5.74) is -1.70. The average molecular weight is 242 g/mol. The van der Waals surface area contributed by atoms with E-state index in [4.69, 9.17) is 0 Å². The largest absolute Gasteiger partial charge is 0.388 e. The zero-order valence-electron chi connectivity index (χ0n) is 11.0. The first-order valence-electron chi connectivity index (χ1n) is 5.94. The number of carbonyl (C=O) groups is 2. The predicted octanol–water partition coefficient (Wildman–Crippen LogP) is 0.178. The highest BCUT2D eigenvalue weighted by Crippen LogP contribution is 2.22. The number of aliphatic hydroxyl groups is 1. The van der Waals surface area contributed by atoms with Gasteiger partial charge in [-0.1, -0.05) is 0 Å². The van der Waals surface area contributed by atoms with E-state index in [0.29, 0.717) is 19.4 Å². The number of amides is 2. The molecule has 0 aromatic heterocycles. The topological polar surface area (TPSA) is 78.4 Å². The minimum Gasteiger partial charge on any atom is -0.388 e. The molecule has 1 fully saturated rings. The van der Waals surface area contributed by atoms with Crippen molar-refractivity contribution in [3.63, 3.8) is 0 Å². The molecule has 1 heterocycles. The second-order valence-corrected chi connectivity index (χ2v) is 5.71. The van der Waals surface area contributed by atoms with Crippen molar-refractivity contribution in [1.82, 2.24) is 10.6 Å². The van der Waals surface area contributed by atoms with Crippen LogP contribution in [0.4, 0.5) is 0 Å². The van der Waals surface area contributed by atoms with Gasteiger partial charge < -0.3 is 15.7 Å². The fraction of sp³-hybridized carbons (Fsp3) is 0.833. The molecule has 0 aromatic carbocycles. The third kappa shape index (κ3) is 3.43. The van der Waals surface area contributed by atoms with Gasteiger partial charge in [0.1, 0.15) is 0 Å². The number of rotatable bonds is 3. The summed E-state index contributed by atoms with van der Waals surface area (Å²) in [5.74, 6) is -0.317. The summed E-state index contributed by atoms with van der Waals surface area (Å²) in [4.78, 5) is 23.0. The summed E-state index contributed by atoms with van der Waals surface area (Å²) in [6.45, 7) is 7.27. The monoisotopic (exact) mass is 242 g/mol. The molecule has 5 nitrogen and oxygen atoms in total. The molecular formula is C12H22N2O3. The van der Waals surface area contributed by atoms with E-state index in [1.807, 2.05) is 0 Å². The maximum atomic E-state index is 12.0. The number of nitrogens with one attached hydrogen (secondary N) is 2. The lowest BCUT2D eigenvalue weighted by atomic mass is 9.85. The zero-order valence-corrected chi connectivity index (χ0v) is 11.0. The van der Waals surface area contributed by atoms with Crippen LogP contribution in [0.2, 0.25) is 0 Å². The molecular weight excluding hydrogens is 220 g/mol. The van der Waals surface area contributed by atoms with Gasteiger partial charge in [0.2, 0.25) is 11.8 Å². The van der Waals surface area contributed by atoms with Gasteiger partial charge in [0.25, 0.3) is 0 Å². The van der Waals surface area contributed by atoms with E-state index in [0.717, 1.165) is 0 Å². The van der Waals surface area contributed by atoms with Crippen molar-refractivity contribution in [2.45, 2.75) is 51.7 Å². The Hall–Kier alpha value is -1.10. The van der Waals surface area contributed by atoms with Crippen molar-refractivity contribution in [3.8, 4) is 0 Å². The highest BCUT2D eigenvalue weighted by atomic mass is 16.3. The molecule has 0 saturated carbocycles. The van der Waals surface area contributed by atoms with Crippen LogP contribution in [-0.2, 0) is 9.59 Å². The molecule has 3 N–H and O–H groups in total. The Morgan fingerprint density at radius 3 is 2.41 bits per heavy atom. The Balaban J connectivity index is 2.58. The highest BCUT2D eigenvalue weighted by Gasteiger charge is 2.38. The molecule has 1 saturated heterocycles. The Morgan fingerprint density at radius 1 is 1.41 bits per heavy atom. The fourth-order valence-electron chi connectivity index (χ4n) is 1.52. The lowest BCUT2D eigenvalue weighted by Crippen LogP contribution is -2.59. The third-order valence-corrected chi connectivity index (χ3v) is 3.60. The molecule has 1 unspecified atom stereocenters. The maximum absolute atomic E-state index is 12.0. The smallest absolute Gasteiger partial charge is 0.225 e. The molecule has 98 valence electrons. The summed E-state index contributed by atoms with van der Waals surface area (Å²) in [5, 5.41) is 15.5. The Bertz CT molecular complexity index is 308. The lowest BCUT2D eigenvalue weighted by Gasteiger charge is -2.39. The van der Waals surface area contributed by atoms with Gasteiger partial charge in [-0.3, -0.25) is 9.59 Å². The Kier molecular flexibility index (Phi) is 3.81. The van der Waals surface area contributed by atoms with Gasteiger partial charge in [-0.15, -0.1) is 0 Å². The summed E-state index contributed by atoms with van der Waals surface area (Å²) in [6, 6.07) is 0. The Morgan fingerprint density at radius 2 is 2.00 bits per heavy atom. The predicted molar refractivity (Wildman–Crippen MR) is 64.3 cm³/mol. The van der Waals surface area contributed by atoms with E-state index < -0.39 is 11.1 Å². The van der Waals surface area contributed by atoms with E-state index in [9.17, 15) is 14.7 Å². The van der Waals surface area contributed by atoms with E-state index in [1.54, 1.807) is 27.7 Å². The zero-order chi connectivity index (χ0) is 13.3. The lowest BCUT2D eigenvalue weighted by molar-refractivity contribution is -0.132. The molecule has 5 heteroatoms.